The van der Waals surface area contributed by atoms with E-state index in [-0.39, 0.29) is 24.0 Å². The fourth-order valence-electron chi connectivity index (χ4n) is 3.14. The zero-order chi connectivity index (χ0) is 15.5. The smallest absolute Gasteiger partial charge is 0.133 e. The number of nitrogens with zero attached hydrogens (tertiary/aromatic N) is 2. The summed E-state index contributed by atoms with van der Waals surface area (Å²) in [4.78, 5) is 8.84. The summed E-state index contributed by atoms with van der Waals surface area (Å²) in [5.74, 6) is 1.01. The van der Waals surface area contributed by atoms with Gasteiger partial charge in [-0.15, -0.1) is 24.0 Å². The van der Waals surface area contributed by atoms with Gasteiger partial charge in [0.2, 0.25) is 0 Å². The lowest BCUT2D eigenvalue weighted by Crippen LogP contribution is -2.08. The van der Waals surface area contributed by atoms with Crippen molar-refractivity contribution in [2.45, 2.75) is 19.3 Å². The molecule has 0 fully saturated rings. The third-order valence-corrected chi connectivity index (χ3v) is 4.31. The van der Waals surface area contributed by atoms with E-state index in [4.69, 9.17) is 4.99 Å². The molecule has 4 rings (SSSR count). The molecule has 0 saturated heterocycles. The van der Waals surface area contributed by atoms with Crippen LogP contribution in [0, 0.1) is 0 Å². The number of hydrogen-bond donors (Lipinski definition) is 1. The van der Waals surface area contributed by atoms with Crippen LogP contribution in [0.1, 0.15) is 24.0 Å². The Hall–Kier alpha value is -1.95. The maximum Gasteiger partial charge on any atom is 0.133 e. The number of halogens is 1. The number of benzene rings is 2. The lowest BCUT2D eigenvalue weighted by Gasteiger charge is -2.02. The number of anilines is 1. The summed E-state index contributed by atoms with van der Waals surface area (Å²) in [5.41, 5.74) is 3.75. The van der Waals surface area contributed by atoms with Gasteiger partial charge in [-0.25, -0.2) is 0 Å². The molecule has 0 amide bonds. The van der Waals surface area contributed by atoms with Gasteiger partial charge in [0.25, 0.3) is 0 Å². The molecule has 24 heavy (non-hydrogen) atoms. The number of aryl methyl sites for hydroxylation is 1. The average molecular weight is 429 g/mol. The first-order valence-corrected chi connectivity index (χ1v) is 8.14. The number of hydrogen-bond acceptors (Lipinski definition) is 2. The maximum atomic E-state index is 4.79. The van der Waals surface area contributed by atoms with Gasteiger partial charge in [0.05, 0.1) is 0 Å². The lowest BCUT2D eigenvalue weighted by molar-refractivity contribution is 0.745. The normalized spacial score (nSPS) is 13.8. The number of aliphatic imine (C=N–C) groups is 1. The van der Waals surface area contributed by atoms with E-state index in [1.54, 1.807) is 0 Å². The molecule has 2 aromatic carbocycles. The molecule has 0 spiro atoms. The van der Waals surface area contributed by atoms with Crippen LogP contribution in [-0.4, -0.2) is 17.4 Å². The molecule has 4 heteroatoms. The van der Waals surface area contributed by atoms with Crippen LogP contribution >= 0.6 is 24.0 Å². The molecule has 122 valence electrons. The van der Waals surface area contributed by atoms with Crippen molar-refractivity contribution in [1.82, 2.24) is 4.98 Å². The predicted octanol–water partition coefficient (Wildman–Crippen LogP) is 5.05. The lowest BCUT2D eigenvalue weighted by atomic mass is 10.1. The van der Waals surface area contributed by atoms with Crippen molar-refractivity contribution in [3.8, 4) is 0 Å². The molecule has 3 aromatic rings. The van der Waals surface area contributed by atoms with Crippen molar-refractivity contribution >= 4 is 46.3 Å². The van der Waals surface area contributed by atoms with Crippen molar-refractivity contribution in [3.05, 3.63) is 72.1 Å². The quantitative estimate of drug-likeness (QED) is 0.456. The number of nitrogens with one attached hydrogen (secondary N) is 1. The van der Waals surface area contributed by atoms with Gasteiger partial charge in [-0.3, -0.25) is 9.98 Å². The van der Waals surface area contributed by atoms with Crippen LogP contribution in [0.5, 0.6) is 0 Å². The minimum absolute atomic E-state index is 0. The Balaban J connectivity index is 0.00000169. The molecule has 1 aliphatic rings. The zero-order valence-corrected chi connectivity index (χ0v) is 15.7. The van der Waals surface area contributed by atoms with Crippen molar-refractivity contribution in [2.24, 2.45) is 4.99 Å². The third kappa shape index (κ3) is 3.43. The molecule has 0 atom stereocenters. The third-order valence-electron chi connectivity index (χ3n) is 4.31. The van der Waals surface area contributed by atoms with Crippen molar-refractivity contribution in [2.75, 3.05) is 11.9 Å². The van der Waals surface area contributed by atoms with Crippen molar-refractivity contribution in [1.29, 1.82) is 0 Å². The summed E-state index contributed by atoms with van der Waals surface area (Å²) in [6.45, 7) is 0.859. The minimum atomic E-state index is 0. The molecular weight excluding hydrogens is 409 g/mol. The second kappa shape index (κ2) is 7.75. The fraction of sp³-hybridized carbons (Fsp3) is 0.200. The number of pyridine rings is 1. The molecule has 1 aromatic heterocycles. The van der Waals surface area contributed by atoms with Crippen LogP contribution in [0.2, 0.25) is 0 Å². The summed E-state index contributed by atoms with van der Waals surface area (Å²) >= 11 is 0. The van der Waals surface area contributed by atoms with Crippen LogP contribution < -0.4 is 5.32 Å². The van der Waals surface area contributed by atoms with Crippen LogP contribution in [-0.2, 0) is 6.42 Å². The summed E-state index contributed by atoms with van der Waals surface area (Å²) in [5, 5.41) is 6.03. The SMILES string of the molecule is I.c1cc2c3c(cccc3c1)C(=NCCCCc1ccncc1)N2. The number of rotatable bonds is 5. The largest absolute Gasteiger partial charge is 0.339 e. The van der Waals surface area contributed by atoms with Gasteiger partial charge in [-0.1, -0.05) is 30.3 Å². The highest BCUT2D eigenvalue weighted by Gasteiger charge is 2.18. The fourth-order valence-corrected chi connectivity index (χ4v) is 3.14. The molecule has 0 unspecified atom stereocenters. The molecule has 1 N–H and O–H groups in total. The number of aromatic nitrogens is 1. The Labute approximate surface area is 159 Å². The highest BCUT2D eigenvalue weighted by Crippen LogP contribution is 2.32. The Kier molecular flexibility index (Phi) is 5.45. The number of unbranched alkanes of at least 4 members (excludes halogenated alkanes) is 1. The Bertz CT molecular complexity index is 854. The van der Waals surface area contributed by atoms with E-state index in [9.17, 15) is 0 Å². The van der Waals surface area contributed by atoms with E-state index >= 15 is 0 Å². The molecule has 3 nitrogen and oxygen atoms in total. The summed E-state index contributed by atoms with van der Waals surface area (Å²) in [6.07, 6.45) is 7.06. The summed E-state index contributed by atoms with van der Waals surface area (Å²) < 4.78 is 0. The maximum absolute atomic E-state index is 4.79. The van der Waals surface area contributed by atoms with E-state index in [0.29, 0.717) is 0 Å². The van der Waals surface area contributed by atoms with Gasteiger partial charge < -0.3 is 5.32 Å². The molecule has 1 aliphatic heterocycles. The molecule has 0 radical (unpaired) electrons. The molecule has 0 bridgehead atoms. The Morgan fingerprint density at radius 1 is 0.917 bits per heavy atom. The second-order valence-corrected chi connectivity index (χ2v) is 5.88. The highest BCUT2D eigenvalue weighted by atomic mass is 127. The monoisotopic (exact) mass is 429 g/mol. The van der Waals surface area contributed by atoms with Gasteiger partial charge in [0.15, 0.2) is 0 Å². The topological polar surface area (TPSA) is 37.3 Å². The molecule has 0 aliphatic carbocycles. The van der Waals surface area contributed by atoms with E-state index in [0.717, 1.165) is 31.6 Å². The van der Waals surface area contributed by atoms with Crippen LogP contribution in [0.25, 0.3) is 10.8 Å². The molecule has 0 saturated carbocycles. The molecular formula is C20H20IN3. The summed E-state index contributed by atoms with van der Waals surface area (Å²) in [7, 11) is 0. The highest BCUT2D eigenvalue weighted by molar-refractivity contribution is 14.0. The van der Waals surface area contributed by atoms with E-state index < -0.39 is 0 Å². The van der Waals surface area contributed by atoms with Crippen LogP contribution in [0.4, 0.5) is 5.69 Å². The van der Waals surface area contributed by atoms with Gasteiger partial charge in [0, 0.05) is 35.6 Å². The van der Waals surface area contributed by atoms with Gasteiger partial charge >= 0.3 is 0 Å². The average Bonchev–Trinajstić information content (AvgIpc) is 2.96. The first-order chi connectivity index (χ1) is 11.4. The van der Waals surface area contributed by atoms with E-state index in [2.05, 4.69) is 58.8 Å². The van der Waals surface area contributed by atoms with Gasteiger partial charge in [0.1, 0.15) is 5.84 Å². The zero-order valence-electron chi connectivity index (χ0n) is 13.4. The Morgan fingerprint density at radius 3 is 2.54 bits per heavy atom. The molecule has 2 heterocycles. The first-order valence-electron chi connectivity index (χ1n) is 8.14. The summed E-state index contributed by atoms with van der Waals surface area (Å²) in [6, 6.07) is 17.0. The minimum Gasteiger partial charge on any atom is -0.339 e. The van der Waals surface area contributed by atoms with Gasteiger partial charge in [-0.2, -0.15) is 0 Å². The van der Waals surface area contributed by atoms with Crippen molar-refractivity contribution in [3.63, 3.8) is 0 Å². The van der Waals surface area contributed by atoms with Crippen LogP contribution in [0.3, 0.4) is 0 Å². The standard InChI is InChI=1S/C20H19N3.HI/c1(5-15-10-13-21-14-11-15)2-12-22-20-17-8-3-6-16-7-4-9-18(23-20)19(16)17;/h3-4,6-11,13-14H,1-2,5,12H2,(H,22,23);1H. The Morgan fingerprint density at radius 2 is 1.71 bits per heavy atom. The van der Waals surface area contributed by atoms with E-state index in [1.807, 2.05) is 12.4 Å². The van der Waals surface area contributed by atoms with Crippen LogP contribution in [0.15, 0.2) is 65.9 Å². The van der Waals surface area contributed by atoms with Crippen molar-refractivity contribution < 1.29 is 0 Å². The van der Waals surface area contributed by atoms with Gasteiger partial charge in [-0.05, 0) is 48.4 Å². The second-order valence-electron chi connectivity index (χ2n) is 5.88. The van der Waals surface area contributed by atoms with E-state index in [1.165, 1.54) is 27.6 Å². The predicted molar refractivity (Wildman–Crippen MR) is 112 cm³/mol. The number of amidine groups is 1. The first kappa shape index (κ1) is 16.9.